The Kier molecular flexibility index (Phi) is 7.14. The molecule has 55 heavy (non-hydrogen) atoms. The fourth-order valence-corrected chi connectivity index (χ4v) is 10.3. The van der Waals surface area contributed by atoms with Crippen LogP contribution >= 0.6 is 11.3 Å². The molecule has 2 heteroatoms. The van der Waals surface area contributed by atoms with Crippen molar-refractivity contribution >= 4 is 70.1 Å². The fraction of sp³-hybridized carbons (Fsp3) is 0.0566. The van der Waals surface area contributed by atoms with Gasteiger partial charge in [-0.25, -0.2) is 0 Å². The standard InChI is InChI=1S/C53H37NS/c1-53(2)47-19-8-5-15-43(47)44-30-28-39(33-48(44)53)54(49-20-9-6-16-45(49)42-18-11-13-35-12-3-4-14-40(35)42)38-26-22-34(23-27-38)36-24-29-41-37(32-36)25-31-51-52(41)46-17-7-10-21-50(46)55-51/h3-33H,1-2H3. The maximum atomic E-state index is 2.46. The molecule has 0 atom stereocenters. The molecule has 1 aliphatic rings. The predicted octanol–water partition coefficient (Wildman–Crippen LogP) is 15.5. The number of benzene rings is 9. The van der Waals surface area contributed by atoms with Gasteiger partial charge in [-0.15, -0.1) is 11.3 Å². The van der Waals surface area contributed by atoms with Gasteiger partial charge in [-0.2, -0.15) is 0 Å². The summed E-state index contributed by atoms with van der Waals surface area (Å²) in [6.07, 6.45) is 0. The van der Waals surface area contributed by atoms with E-state index in [1.807, 2.05) is 11.3 Å². The molecule has 0 aliphatic heterocycles. The van der Waals surface area contributed by atoms with Gasteiger partial charge in [-0.05, 0) is 109 Å². The van der Waals surface area contributed by atoms with Crippen LogP contribution in [0.15, 0.2) is 188 Å². The second kappa shape index (κ2) is 12.3. The van der Waals surface area contributed by atoms with Crippen molar-refractivity contribution < 1.29 is 0 Å². The van der Waals surface area contributed by atoms with Gasteiger partial charge in [-0.3, -0.25) is 0 Å². The highest BCUT2D eigenvalue weighted by molar-refractivity contribution is 7.26. The minimum Gasteiger partial charge on any atom is -0.310 e. The van der Waals surface area contributed by atoms with E-state index in [4.69, 9.17) is 0 Å². The van der Waals surface area contributed by atoms with Crippen LogP contribution in [0.25, 0.3) is 75.1 Å². The number of fused-ring (bicyclic) bond motifs is 9. The monoisotopic (exact) mass is 719 g/mol. The summed E-state index contributed by atoms with van der Waals surface area (Å²) < 4.78 is 2.68. The van der Waals surface area contributed by atoms with E-state index >= 15 is 0 Å². The third kappa shape index (κ3) is 4.99. The van der Waals surface area contributed by atoms with Crippen molar-refractivity contribution in [2.24, 2.45) is 0 Å². The second-order valence-electron chi connectivity index (χ2n) is 15.3. The minimum absolute atomic E-state index is 0.108. The molecular weight excluding hydrogens is 683 g/mol. The van der Waals surface area contributed by atoms with Gasteiger partial charge in [-0.1, -0.05) is 153 Å². The van der Waals surface area contributed by atoms with E-state index in [-0.39, 0.29) is 5.41 Å². The molecule has 0 bridgehead atoms. The number of hydrogen-bond acceptors (Lipinski definition) is 2. The zero-order valence-corrected chi connectivity index (χ0v) is 31.6. The predicted molar refractivity (Wildman–Crippen MR) is 237 cm³/mol. The lowest BCUT2D eigenvalue weighted by Gasteiger charge is -2.30. The Morgan fingerprint density at radius 3 is 1.96 bits per heavy atom. The summed E-state index contributed by atoms with van der Waals surface area (Å²) in [5, 5.41) is 7.78. The lowest BCUT2D eigenvalue weighted by molar-refractivity contribution is 0.660. The van der Waals surface area contributed by atoms with E-state index in [1.54, 1.807) is 0 Å². The van der Waals surface area contributed by atoms with Crippen LogP contribution in [0.4, 0.5) is 17.1 Å². The molecule has 260 valence electrons. The Bertz CT molecular complexity index is 3120. The summed E-state index contributed by atoms with van der Waals surface area (Å²) in [4.78, 5) is 2.46. The smallest absolute Gasteiger partial charge is 0.0540 e. The molecule has 1 aliphatic carbocycles. The van der Waals surface area contributed by atoms with Crippen molar-refractivity contribution in [2.45, 2.75) is 19.3 Å². The molecule has 11 rings (SSSR count). The second-order valence-corrected chi connectivity index (χ2v) is 16.4. The van der Waals surface area contributed by atoms with E-state index < -0.39 is 0 Å². The van der Waals surface area contributed by atoms with Crippen LogP contribution in [-0.4, -0.2) is 0 Å². The maximum Gasteiger partial charge on any atom is 0.0540 e. The Morgan fingerprint density at radius 1 is 0.400 bits per heavy atom. The topological polar surface area (TPSA) is 3.24 Å². The van der Waals surface area contributed by atoms with Gasteiger partial charge >= 0.3 is 0 Å². The van der Waals surface area contributed by atoms with Gasteiger partial charge < -0.3 is 4.90 Å². The van der Waals surface area contributed by atoms with Crippen molar-refractivity contribution in [3.8, 4) is 33.4 Å². The number of para-hydroxylation sites is 1. The molecular formula is C53H37NS. The van der Waals surface area contributed by atoms with Gasteiger partial charge in [0.2, 0.25) is 0 Å². The normalized spacial score (nSPS) is 13.1. The van der Waals surface area contributed by atoms with Crippen molar-refractivity contribution in [3.05, 3.63) is 199 Å². The number of thiophene rings is 1. The molecule has 0 fully saturated rings. The van der Waals surface area contributed by atoms with Crippen LogP contribution in [0.5, 0.6) is 0 Å². The summed E-state index contributed by atoms with van der Waals surface area (Å²) in [7, 11) is 0. The van der Waals surface area contributed by atoms with Crippen LogP contribution < -0.4 is 4.90 Å². The van der Waals surface area contributed by atoms with Gasteiger partial charge in [0.15, 0.2) is 0 Å². The van der Waals surface area contributed by atoms with Crippen molar-refractivity contribution in [1.29, 1.82) is 0 Å². The van der Waals surface area contributed by atoms with Gasteiger partial charge in [0.1, 0.15) is 0 Å². The van der Waals surface area contributed by atoms with Gasteiger partial charge in [0.25, 0.3) is 0 Å². The van der Waals surface area contributed by atoms with E-state index in [0.29, 0.717) is 0 Å². The van der Waals surface area contributed by atoms with Crippen LogP contribution in [0, 0.1) is 0 Å². The van der Waals surface area contributed by atoms with Crippen molar-refractivity contribution in [1.82, 2.24) is 0 Å². The highest BCUT2D eigenvalue weighted by Crippen LogP contribution is 2.51. The molecule has 0 saturated heterocycles. The third-order valence-electron chi connectivity index (χ3n) is 11.9. The number of nitrogens with zero attached hydrogens (tertiary/aromatic N) is 1. The molecule has 0 amide bonds. The summed E-state index contributed by atoms with van der Waals surface area (Å²) in [6, 6.07) is 69.7. The Labute approximate surface area is 325 Å². The number of rotatable bonds is 5. The molecule has 1 heterocycles. The first-order valence-electron chi connectivity index (χ1n) is 19.1. The zero-order valence-electron chi connectivity index (χ0n) is 30.8. The third-order valence-corrected chi connectivity index (χ3v) is 13.0. The lowest BCUT2D eigenvalue weighted by Crippen LogP contribution is -2.16. The quantitative estimate of drug-likeness (QED) is 0.171. The summed E-state index contributed by atoms with van der Waals surface area (Å²) in [6.45, 7) is 4.72. The molecule has 0 saturated carbocycles. The van der Waals surface area contributed by atoms with Crippen LogP contribution in [0.1, 0.15) is 25.0 Å². The summed E-state index contributed by atoms with van der Waals surface area (Å²) in [5.74, 6) is 0. The van der Waals surface area contributed by atoms with Crippen molar-refractivity contribution in [2.75, 3.05) is 4.90 Å². The van der Waals surface area contributed by atoms with Gasteiger partial charge in [0.05, 0.1) is 5.69 Å². The van der Waals surface area contributed by atoms with Crippen LogP contribution in [-0.2, 0) is 5.41 Å². The maximum absolute atomic E-state index is 2.46. The van der Waals surface area contributed by atoms with E-state index in [1.165, 1.54) is 86.2 Å². The zero-order chi connectivity index (χ0) is 36.7. The van der Waals surface area contributed by atoms with Crippen molar-refractivity contribution in [3.63, 3.8) is 0 Å². The van der Waals surface area contributed by atoms with Crippen LogP contribution in [0.2, 0.25) is 0 Å². The molecule has 10 aromatic rings. The average molecular weight is 720 g/mol. The average Bonchev–Trinajstić information content (AvgIpc) is 3.73. The number of hydrogen-bond donors (Lipinski definition) is 0. The Balaban J connectivity index is 1.06. The fourth-order valence-electron chi connectivity index (χ4n) is 9.15. The summed E-state index contributed by atoms with van der Waals surface area (Å²) >= 11 is 1.88. The van der Waals surface area contributed by atoms with Crippen LogP contribution in [0.3, 0.4) is 0 Å². The first-order chi connectivity index (χ1) is 27.0. The van der Waals surface area contributed by atoms with Gasteiger partial charge in [0, 0.05) is 42.5 Å². The molecule has 0 N–H and O–H groups in total. The molecule has 0 radical (unpaired) electrons. The highest BCUT2D eigenvalue weighted by Gasteiger charge is 2.36. The first kappa shape index (κ1) is 32.0. The molecule has 0 unspecified atom stereocenters. The lowest BCUT2D eigenvalue weighted by atomic mass is 9.82. The molecule has 1 nitrogen and oxygen atoms in total. The Morgan fingerprint density at radius 2 is 1.07 bits per heavy atom. The molecule has 1 aromatic heterocycles. The first-order valence-corrected chi connectivity index (χ1v) is 19.9. The highest BCUT2D eigenvalue weighted by atomic mass is 32.1. The van der Waals surface area contributed by atoms with E-state index in [2.05, 4.69) is 207 Å². The molecule has 9 aromatic carbocycles. The summed E-state index contributed by atoms with van der Waals surface area (Å²) in [5.41, 5.74) is 13.6. The molecule has 0 spiro atoms. The number of anilines is 3. The largest absolute Gasteiger partial charge is 0.310 e. The van der Waals surface area contributed by atoms with E-state index in [0.717, 1.165) is 17.1 Å². The van der Waals surface area contributed by atoms with E-state index in [9.17, 15) is 0 Å². The SMILES string of the molecule is CC1(C)c2ccccc2-c2ccc(N(c3ccc(-c4ccc5c(ccc6sc7ccccc7c65)c4)cc3)c3ccccc3-c3cccc4ccccc34)cc21. The Hall–Kier alpha value is -6.48. The minimum atomic E-state index is -0.108.